The zero-order valence-corrected chi connectivity index (χ0v) is 12.5. The fraction of sp³-hybridized carbons (Fsp3) is 0.111. The molecule has 0 saturated carbocycles. The van der Waals surface area contributed by atoms with Crippen molar-refractivity contribution >= 4 is 11.8 Å². The summed E-state index contributed by atoms with van der Waals surface area (Å²) in [4.78, 5) is 16.2. The van der Waals surface area contributed by atoms with Gasteiger partial charge in [-0.3, -0.25) is 4.99 Å². The number of aliphatic carboxylic acids is 1. The Kier molecular flexibility index (Phi) is 3.93. The quantitative estimate of drug-likeness (QED) is 0.914. The van der Waals surface area contributed by atoms with Crippen LogP contribution in [0.3, 0.4) is 0 Å². The van der Waals surface area contributed by atoms with Gasteiger partial charge in [0.25, 0.3) is 0 Å². The van der Waals surface area contributed by atoms with Crippen molar-refractivity contribution in [3.63, 3.8) is 0 Å². The van der Waals surface area contributed by atoms with Crippen LogP contribution in [-0.4, -0.2) is 16.9 Å². The molecule has 0 saturated heterocycles. The number of rotatable bonds is 3. The first-order valence-corrected chi connectivity index (χ1v) is 7.16. The Bertz CT molecular complexity index is 796. The van der Waals surface area contributed by atoms with Gasteiger partial charge in [-0.1, -0.05) is 42.5 Å². The number of nitrogens with zero attached hydrogens (tertiary/aromatic N) is 1. The van der Waals surface area contributed by atoms with Gasteiger partial charge in [-0.15, -0.1) is 0 Å². The number of carboxylic acid groups (broad SMARTS) is 1. The third kappa shape index (κ3) is 2.99. The minimum absolute atomic E-state index is 0.163. The van der Waals surface area contributed by atoms with Crippen LogP contribution >= 0.6 is 0 Å². The average molecular weight is 310 g/mol. The lowest BCUT2D eigenvalue weighted by Crippen LogP contribution is -2.32. The molecule has 1 unspecified atom stereocenters. The molecule has 3 rings (SSSR count). The number of carbonyl (C=O) groups is 1. The number of hydrogen-bond acceptors (Lipinski definition) is 3. The summed E-state index contributed by atoms with van der Waals surface area (Å²) in [5.41, 5.74) is 2.19. The molecule has 4 nitrogen and oxygen atoms in total. The smallest absolute Gasteiger partial charge is 0.335 e. The highest BCUT2D eigenvalue weighted by atomic mass is 19.1. The summed E-state index contributed by atoms with van der Waals surface area (Å²) in [7, 11) is 0. The summed E-state index contributed by atoms with van der Waals surface area (Å²) >= 11 is 0. The van der Waals surface area contributed by atoms with E-state index >= 15 is 0 Å². The molecule has 0 fully saturated rings. The molecule has 116 valence electrons. The molecule has 1 heterocycles. The monoisotopic (exact) mass is 310 g/mol. The van der Waals surface area contributed by atoms with Crippen molar-refractivity contribution in [1.82, 2.24) is 5.32 Å². The minimum Gasteiger partial charge on any atom is -0.478 e. The Morgan fingerprint density at radius 1 is 1.13 bits per heavy atom. The van der Waals surface area contributed by atoms with Crippen molar-refractivity contribution < 1.29 is 14.3 Å². The number of halogens is 1. The van der Waals surface area contributed by atoms with Crippen molar-refractivity contribution in [2.45, 2.75) is 13.0 Å². The fourth-order valence-electron chi connectivity index (χ4n) is 2.58. The molecule has 2 aromatic rings. The molecule has 0 spiro atoms. The minimum atomic E-state index is -1.04. The number of allylic oxidation sites excluding steroid dienone is 1. The van der Waals surface area contributed by atoms with Crippen LogP contribution in [0.4, 0.5) is 4.39 Å². The summed E-state index contributed by atoms with van der Waals surface area (Å²) in [6, 6.07) is 14.5. The molecule has 2 aromatic carbocycles. The van der Waals surface area contributed by atoms with Crippen molar-refractivity contribution in [1.29, 1.82) is 0 Å². The second-order valence-electron chi connectivity index (χ2n) is 5.27. The second-order valence-corrected chi connectivity index (χ2v) is 5.27. The lowest BCUT2D eigenvalue weighted by atomic mass is 9.95. The highest BCUT2D eigenvalue weighted by Gasteiger charge is 2.29. The third-order valence-corrected chi connectivity index (χ3v) is 3.70. The molecule has 0 amide bonds. The predicted molar refractivity (Wildman–Crippen MR) is 85.6 cm³/mol. The van der Waals surface area contributed by atoms with Crippen LogP contribution in [-0.2, 0) is 4.79 Å². The van der Waals surface area contributed by atoms with Gasteiger partial charge in [0, 0.05) is 11.3 Å². The molecule has 0 radical (unpaired) electrons. The van der Waals surface area contributed by atoms with E-state index in [1.807, 2.05) is 30.3 Å². The van der Waals surface area contributed by atoms with Crippen LogP contribution in [0.15, 0.2) is 70.9 Å². The van der Waals surface area contributed by atoms with E-state index in [2.05, 4.69) is 10.3 Å². The van der Waals surface area contributed by atoms with Crippen molar-refractivity contribution in [3.05, 3.63) is 82.8 Å². The standard InChI is InChI=1S/C18H15FN2O2/c1-11-15(18(22)23)16(12-7-9-14(19)10-8-12)21-17(20-11)13-5-3-2-4-6-13/h2-10,16H,1H3,(H,20,21)(H,22,23). The first-order valence-electron chi connectivity index (χ1n) is 7.16. The van der Waals surface area contributed by atoms with E-state index < -0.39 is 12.0 Å². The van der Waals surface area contributed by atoms with Gasteiger partial charge < -0.3 is 10.4 Å². The summed E-state index contributed by atoms with van der Waals surface area (Å²) in [6.07, 6.45) is 0. The van der Waals surface area contributed by atoms with E-state index in [1.54, 1.807) is 19.1 Å². The first kappa shape index (κ1) is 15.0. The lowest BCUT2D eigenvalue weighted by molar-refractivity contribution is -0.133. The Balaban J connectivity index is 2.09. The highest BCUT2D eigenvalue weighted by molar-refractivity contribution is 6.03. The SMILES string of the molecule is CC1=C(C(=O)O)C(c2ccc(F)cc2)N=C(c2ccccc2)N1. The molecular weight excluding hydrogens is 295 g/mol. The van der Waals surface area contributed by atoms with Crippen LogP contribution in [0.5, 0.6) is 0 Å². The third-order valence-electron chi connectivity index (χ3n) is 3.70. The maximum Gasteiger partial charge on any atom is 0.335 e. The Morgan fingerprint density at radius 3 is 2.39 bits per heavy atom. The van der Waals surface area contributed by atoms with E-state index in [1.165, 1.54) is 12.1 Å². The lowest BCUT2D eigenvalue weighted by Gasteiger charge is -2.25. The fourth-order valence-corrected chi connectivity index (χ4v) is 2.58. The number of aliphatic imine (C=N–C) groups is 1. The van der Waals surface area contributed by atoms with Gasteiger partial charge in [0.2, 0.25) is 0 Å². The largest absolute Gasteiger partial charge is 0.478 e. The molecule has 0 aromatic heterocycles. The summed E-state index contributed by atoms with van der Waals surface area (Å²) in [6.45, 7) is 1.71. The number of amidine groups is 1. The first-order chi connectivity index (χ1) is 11.1. The number of nitrogens with one attached hydrogen (secondary N) is 1. The van der Waals surface area contributed by atoms with E-state index in [9.17, 15) is 14.3 Å². The molecule has 2 N–H and O–H groups in total. The van der Waals surface area contributed by atoms with E-state index in [0.29, 0.717) is 17.1 Å². The average Bonchev–Trinajstić information content (AvgIpc) is 2.55. The maximum atomic E-state index is 13.2. The Morgan fingerprint density at radius 2 is 1.78 bits per heavy atom. The van der Waals surface area contributed by atoms with Gasteiger partial charge >= 0.3 is 5.97 Å². The molecule has 1 aliphatic heterocycles. The zero-order valence-electron chi connectivity index (χ0n) is 12.5. The van der Waals surface area contributed by atoms with Gasteiger partial charge in [0.1, 0.15) is 17.7 Å². The van der Waals surface area contributed by atoms with E-state index in [-0.39, 0.29) is 11.4 Å². The van der Waals surface area contributed by atoms with E-state index in [4.69, 9.17) is 0 Å². The van der Waals surface area contributed by atoms with Crippen LogP contribution in [0.2, 0.25) is 0 Å². The molecule has 0 aliphatic carbocycles. The van der Waals surface area contributed by atoms with Gasteiger partial charge in [-0.25, -0.2) is 9.18 Å². The molecule has 23 heavy (non-hydrogen) atoms. The van der Waals surface area contributed by atoms with Gasteiger partial charge in [-0.2, -0.15) is 0 Å². The molecule has 1 aliphatic rings. The molecule has 0 bridgehead atoms. The normalized spacial score (nSPS) is 17.5. The van der Waals surface area contributed by atoms with Crippen LogP contribution in [0, 0.1) is 5.82 Å². The maximum absolute atomic E-state index is 13.2. The second kappa shape index (κ2) is 6.04. The van der Waals surface area contributed by atoms with Gasteiger partial charge in [0.05, 0.1) is 5.57 Å². The summed E-state index contributed by atoms with van der Waals surface area (Å²) in [5, 5.41) is 12.6. The van der Waals surface area contributed by atoms with Gasteiger partial charge in [0.15, 0.2) is 0 Å². The molecular formula is C18H15FN2O2. The van der Waals surface area contributed by atoms with E-state index in [0.717, 1.165) is 5.56 Å². The van der Waals surface area contributed by atoms with Crippen molar-refractivity contribution in [3.8, 4) is 0 Å². The summed E-state index contributed by atoms with van der Waals surface area (Å²) < 4.78 is 13.2. The van der Waals surface area contributed by atoms with Crippen molar-refractivity contribution in [2.24, 2.45) is 4.99 Å². The number of benzene rings is 2. The Hall–Kier alpha value is -2.95. The van der Waals surface area contributed by atoms with Crippen LogP contribution < -0.4 is 5.32 Å². The highest BCUT2D eigenvalue weighted by Crippen LogP contribution is 2.31. The molecule has 1 atom stereocenters. The number of hydrogen-bond donors (Lipinski definition) is 2. The molecule has 5 heteroatoms. The van der Waals surface area contributed by atoms with Crippen LogP contribution in [0.25, 0.3) is 0 Å². The van der Waals surface area contributed by atoms with Crippen LogP contribution in [0.1, 0.15) is 24.1 Å². The Labute approximate surface area is 133 Å². The predicted octanol–water partition coefficient (Wildman–Crippen LogP) is 3.28. The van der Waals surface area contributed by atoms with Gasteiger partial charge in [-0.05, 0) is 24.6 Å². The van der Waals surface area contributed by atoms with Crippen molar-refractivity contribution in [2.75, 3.05) is 0 Å². The topological polar surface area (TPSA) is 61.7 Å². The zero-order chi connectivity index (χ0) is 16.4. The number of carboxylic acids is 1. The summed E-state index contributed by atoms with van der Waals surface area (Å²) in [5.74, 6) is -0.810.